The van der Waals surface area contributed by atoms with Crippen molar-refractivity contribution in [2.75, 3.05) is 14.2 Å². The molecule has 1 atom stereocenters. The number of nitrogens with one attached hydrogen (secondary N) is 1. The van der Waals surface area contributed by atoms with Crippen molar-refractivity contribution in [3.05, 3.63) is 35.9 Å². The van der Waals surface area contributed by atoms with Crippen LogP contribution < -0.4 is 5.32 Å². The Kier molecular flexibility index (Phi) is 5.84. The molecule has 0 aliphatic heterocycles. The Morgan fingerprint density at radius 2 is 1.76 bits per heavy atom. The molecular weight excluding hydrogens is 230 g/mol. The van der Waals surface area contributed by atoms with E-state index in [0.29, 0.717) is 5.67 Å². The summed E-state index contributed by atoms with van der Waals surface area (Å²) in [4.78, 5) is 0. The highest BCUT2D eigenvalue weighted by molar-refractivity contribution is 6.67. The van der Waals surface area contributed by atoms with Gasteiger partial charge in [0, 0.05) is 20.8 Å². The van der Waals surface area contributed by atoms with Crippen molar-refractivity contribution in [3.63, 3.8) is 0 Å². The predicted octanol–water partition coefficient (Wildman–Crippen LogP) is 2.46. The molecule has 4 heteroatoms. The number of benzene rings is 1. The quantitative estimate of drug-likeness (QED) is 0.757. The van der Waals surface area contributed by atoms with Crippen LogP contribution in [0.5, 0.6) is 0 Å². The maximum atomic E-state index is 5.58. The summed E-state index contributed by atoms with van der Waals surface area (Å²) >= 11 is 0. The van der Waals surface area contributed by atoms with Crippen LogP contribution >= 0.6 is 0 Å². The van der Waals surface area contributed by atoms with E-state index in [2.05, 4.69) is 43.1 Å². The van der Waals surface area contributed by atoms with E-state index in [-0.39, 0.29) is 0 Å². The normalized spacial score (nSPS) is 13.6. The summed E-state index contributed by atoms with van der Waals surface area (Å²) < 4.78 is 11.2. The summed E-state index contributed by atoms with van der Waals surface area (Å²) in [5, 5.41) is 3.54. The van der Waals surface area contributed by atoms with E-state index < -0.39 is 8.56 Å². The van der Waals surface area contributed by atoms with Gasteiger partial charge < -0.3 is 14.2 Å². The molecule has 3 nitrogen and oxygen atoms in total. The molecule has 0 spiro atoms. The number of hydrogen-bond donors (Lipinski definition) is 1. The van der Waals surface area contributed by atoms with Crippen LogP contribution in [0.15, 0.2) is 30.3 Å². The Balaban J connectivity index is 2.59. The fourth-order valence-corrected chi connectivity index (χ4v) is 3.86. The minimum absolute atomic E-state index is 0.303. The lowest BCUT2D eigenvalue weighted by molar-refractivity contribution is 0.228. The van der Waals surface area contributed by atoms with Gasteiger partial charge in [-0.3, -0.25) is 0 Å². The lowest BCUT2D eigenvalue weighted by Gasteiger charge is -2.32. The van der Waals surface area contributed by atoms with Gasteiger partial charge in [-0.15, -0.1) is 0 Å². The SMILES string of the molecule is CCC(NCc1ccccc1)[Si](C)(OC)OC. The van der Waals surface area contributed by atoms with E-state index in [4.69, 9.17) is 8.85 Å². The standard InChI is InChI=1S/C13H23NO2Si/c1-5-13(17(4,15-2)16-3)14-11-12-9-7-6-8-10-12/h6-10,13-14H,5,11H2,1-4H3. The average molecular weight is 253 g/mol. The zero-order chi connectivity index (χ0) is 12.7. The van der Waals surface area contributed by atoms with Gasteiger partial charge in [-0.25, -0.2) is 0 Å². The highest BCUT2D eigenvalue weighted by Crippen LogP contribution is 2.14. The molecule has 0 aliphatic carbocycles. The van der Waals surface area contributed by atoms with Gasteiger partial charge in [-0.1, -0.05) is 37.3 Å². The molecule has 0 saturated carbocycles. The first-order valence-electron chi connectivity index (χ1n) is 6.04. The lowest BCUT2D eigenvalue weighted by Crippen LogP contribution is -2.55. The highest BCUT2D eigenvalue weighted by Gasteiger charge is 2.37. The van der Waals surface area contributed by atoms with Crippen LogP contribution in [0, 0.1) is 0 Å². The Hall–Kier alpha value is -0.683. The van der Waals surface area contributed by atoms with Crippen molar-refractivity contribution >= 4 is 8.56 Å². The van der Waals surface area contributed by atoms with E-state index in [0.717, 1.165) is 13.0 Å². The minimum atomic E-state index is -2.09. The van der Waals surface area contributed by atoms with E-state index in [1.165, 1.54) is 5.56 Å². The second-order valence-corrected chi connectivity index (χ2v) is 7.80. The van der Waals surface area contributed by atoms with Gasteiger partial charge >= 0.3 is 8.56 Å². The summed E-state index contributed by atoms with van der Waals surface area (Å²) in [6.45, 7) is 5.11. The second kappa shape index (κ2) is 6.91. The maximum absolute atomic E-state index is 5.58. The molecule has 1 unspecified atom stereocenters. The maximum Gasteiger partial charge on any atom is 0.351 e. The molecule has 0 fully saturated rings. The summed E-state index contributed by atoms with van der Waals surface area (Å²) in [7, 11) is 1.39. The Morgan fingerprint density at radius 3 is 2.24 bits per heavy atom. The predicted molar refractivity (Wildman–Crippen MR) is 73.0 cm³/mol. The van der Waals surface area contributed by atoms with Crippen LogP contribution in [0.2, 0.25) is 6.55 Å². The first kappa shape index (κ1) is 14.4. The molecule has 17 heavy (non-hydrogen) atoms. The van der Waals surface area contributed by atoms with Crippen molar-refractivity contribution < 1.29 is 8.85 Å². The molecule has 0 saturated heterocycles. The third-order valence-electron chi connectivity index (χ3n) is 3.25. The van der Waals surface area contributed by atoms with Gasteiger partial charge in [0.15, 0.2) is 0 Å². The Morgan fingerprint density at radius 1 is 1.18 bits per heavy atom. The molecule has 0 bridgehead atoms. The Bertz CT molecular complexity index is 314. The Labute approximate surface area is 105 Å². The summed E-state index contributed by atoms with van der Waals surface area (Å²) in [5.41, 5.74) is 1.59. The fraction of sp³-hybridized carbons (Fsp3) is 0.538. The largest absolute Gasteiger partial charge is 0.397 e. The molecule has 1 rings (SSSR count). The van der Waals surface area contributed by atoms with Gasteiger partial charge in [-0.2, -0.15) is 0 Å². The summed E-state index contributed by atoms with van der Waals surface area (Å²) in [6.07, 6.45) is 1.01. The summed E-state index contributed by atoms with van der Waals surface area (Å²) in [5.74, 6) is 0. The molecule has 96 valence electrons. The van der Waals surface area contributed by atoms with E-state index in [1.54, 1.807) is 14.2 Å². The fourth-order valence-electron chi connectivity index (χ4n) is 1.91. The van der Waals surface area contributed by atoms with Crippen LogP contribution in [-0.2, 0) is 15.4 Å². The molecule has 0 radical (unpaired) electrons. The van der Waals surface area contributed by atoms with E-state index >= 15 is 0 Å². The smallest absolute Gasteiger partial charge is 0.351 e. The van der Waals surface area contributed by atoms with Crippen molar-refractivity contribution in [1.82, 2.24) is 5.32 Å². The molecular formula is C13H23NO2Si. The van der Waals surface area contributed by atoms with Gasteiger partial charge in [-0.05, 0) is 18.5 Å². The van der Waals surface area contributed by atoms with Gasteiger partial charge in [0.25, 0.3) is 0 Å². The minimum Gasteiger partial charge on any atom is -0.397 e. The molecule has 1 N–H and O–H groups in total. The van der Waals surface area contributed by atoms with Gasteiger partial charge in [0.1, 0.15) is 0 Å². The van der Waals surface area contributed by atoms with E-state index in [9.17, 15) is 0 Å². The van der Waals surface area contributed by atoms with E-state index in [1.807, 2.05) is 6.07 Å². The van der Waals surface area contributed by atoms with Crippen molar-refractivity contribution in [1.29, 1.82) is 0 Å². The molecule has 0 aliphatic rings. The molecule has 0 aromatic heterocycles. The molecule has 1 aromatic rings. The van der Waals surface area contributed by atoms with Crippen LogP contribution in [-0.4, -0.2) is 28.4 Å². The lowest BCUT2D eigenvalue weighted by atomic mass is 10.2. The average Bonchev–Trinajstić information content (AvgIpc) is 2.40. The van der Waals surface area contributed by atoms with Crippen molar-refractivity contribution in [3.8, 4) is 0 Å². The number of hydrogen-bond acceptors (Lipinski definition) is 3. The van der Waals surface area contributed by atoms with Crippen LogP contribution in [0.3, 0.4) is 0 Å². The van der Waals surface area contributed by atoms with Crippen LogP contribution in [0.1, 0.15) is 18.9 Å². The third-order valence-corrected chi connectivity index (χ3v) is 6.75. The molecule has 1 aromatic carbocycles. The number of rotatable bonds is 7. The summed E-state index contributed by atoms with van der Waals surface area (Å²) in [6, 6.07) is 10.4. The van der Waals surface area contributed by atoms with Gasteiger partial charge in [0.05, 0.1) is 5.67 Å². The second-order valence-electron chi connectivity index (χ2n) is 4.25. The zero-order valence-electron chi connectivity index (χ0n) is 11.2. The van der Waals surface area contributed by atoms with Crippen LogP contribution in [0.4, 0.5) is 0 Å². The third kappa shape index (κ3) is 3.92. The van der Waals surface area contributed by atoms with Crippen molar-refractivity contribution in [2.24, 2.45) is 0 Å². The first-order chi connectivity index (χ1) is 8.16. The zero-order valence-corrected chi connectivity index (χ0v) is 12.2. The van der Waals surface area contributed by atoms with Gasteiger partial charge in [0.2, 0.25) is 0 Å². The monoisotopic (exact) mass is 253 g/mol. The van der Waals surface area contributed by atoms with Crippen molar-refractivity contribution in [2.45, 2.75) is 32.1 Å². The molecule has 0 heterocycles. The molecule has 0 amide bonds. The highest BCUT2D eigenvalue weighted by atomic mass is 28.4. The topological polar surface area (TPSA) is 30.5 Å². The van der Waals surface area contributed by atoms with Crippen LogP contribution in [0.25, 0.3) is 0 Å². The first-order valence-corrected chi connectivity index (χ1v) is 8.43.